The van der Waals surface area contributed by atoms with E-state index in [0.29, 0.717) is 6.61 Å². The number of hydrogen-bond donors (Lipinski definition) is 0. The monoisotopic (exact) mass is 503 g/mol. The molecule has 7 heteroatoms. The van der Waals surface area contributed by atoms with Gasteiger partial charge in [-0.15, -0.1) is 0 Å². The summed E-state index contributed by atoms with van der Waals surface area (Å²) in [7, 11) is 0. The first kappa shape index (κ1) is 22.7. The summed E-state index contributed by atoms with van der Waals surface area (Å²) in [4.78, 5) is 39.7. The number of para-hydroxylation sites is 1. The predicted octanol–water partition coefficient (Wildman–Crippen LogP) is 4.43. The highest BCUT2D eigenvalue weighted by molar-refractivity contribution is 6.09. The lowest BCUT2D eigenvalue weighted by Gasteiger charge is -2.45. The number of fused-ring (bicyclic) bond motifs is 1. The lowest BCUT2D eigenvalue weighted by atomic mass is 9.55. The Kier molecular flexibility index (Phi) is 5.08. The molecular weight excluding hydrogens is 478 g/mol. The molecule has 1 fully saturated rings. The Labute approximate surface area is 219 Å². The van der Waals surface area contributed by atoms with Crippen molar-refractivity contribution in [3.8, 4) is 0 Å². The standard InChI is InChI=1S/C31H25N3O4/c1-2-38-25(35)17-33-16-18(19-9-7-8-14-24(19)33)15-32-34-30(36)28-26-20-10-3-4-11-21(20)27(29(28)31(34)37)23-13-6-5-12-22(23)26/h3-16,26-29H,2,17H2,1H3/b32-15-/t26?,27?,28-,29+. The predicted molar refractivity (Wildman–Crippen MR) is 142 cm³/mol. The molecule has 2 atom stereocenters. The second kappa shape index (κ2) is 8.52. The number of rotatable bonds is 5. The first-order chi connectivity index (χ1) is 18.6. The van der Waals surface area contributed by atoms with Crippen molar-refractivity contribution in [3.63, 3.8) is 0 Å². The van der Waals surface area contributed by atoms with Crippen LogP contribution < -0.4 is 0 Å². The molecule has 0 N–H and O–H groups in total. The topological polar surface area (TPSA) is 81.0 Å². The van der Waals surface area contributed by atoms with Gasteiger partial charge in [0, 0.05) is 34.5 Å². The second-order valence-corrected chi connectivity index (χ2v) is 10.0. The number of hydrazone groups is 1. The van der Waals surface area contributed by atoms with Gasteiger partial charge in [0.15, 0.2) is 0 Å². The molecule has 2 amide bonds. The van der Waals surface area contributed by atoms with E-state index in [0.717, 1.165) is 43.7 Å². The van der Waals surface area contributed by atoms with E-state index in [4.69, 9.17) is 4.74 Å². The fourth-order valence-corrected chi connectivity index (χ4v) is 6.75. The van der Waals surface area contributed by atoms with Gasteiger partial charge >= 0.3 is 5.97 Å². The van der Waals surface area contributed by atoms with E-state index in [-0.39, 0.29) is 36.2 Å². The van der Waals surface area contributed by atoms with E-state index in [1.165, 1.54) is 0 Å². The number of carbonyl (C=O) groups excluding carboxylic acids is 3. The number of benzene rings is 3. The van der Waals surface area contributed by atoms with Crippen LogP contribution in [0, 0.1) is 11.8 Å². The Morgan fingerprint density at radius 2 is 1.37 bits per heavy atom. The number of esters is 1. The molecule has 7 nitrogen and oxygen atoms in total. The van der Waals surface area contributed by atoms with Crippen LogP contribution in [0.5, 0.6) is 0 Å². The summed E-state index contributed by atoms with van der Waals surface area (Å²) in [5, 5.41) is 6.41. The molecule has 1 aromatic heterocycles. The van der Waals surface area contributed by atoms with Crippen molar-refractivity contribution in [2.75, 3.05) is 6.61 Å². The first-order valence-corrected chi connectivity index (χ1v) is 12.9. The highest BCUT2D eigenvalue weighted by Gasteiger charge is 2.61. The van der Waals surface area contributed by atoms with Gasteiger partial charge in [0.05, 0.1) is 24.7 Å². The quantitative estimate of drug-likeness (QED) is 0.229. The lowest BCUT2D eigenvalue weighted by molar-refractivity contribution is -0.144. The van der Waals surface area contributed by atoms with Crippen LogP contribution in [0.15, 0.2) is 84.1 Å². The second-order valence-electron chi connectivity index (χ2n) is 10.0. The van der Waals surface area contributed by atoms with Crippen molar-refractivity contribution in [2.24, 2.45) is 16.9 Å². The van der Waals surface area contributed by atoms with Gasteiger partial charge in [-0.2, -0.15) is 10.1 Å². The van der Waals surface area contributed by atoms with Gasteiger partial charge in [-0.1, -0.05) is 66.7 Å². The molecule has 188 valence electrons. The van der Waals surface area contributed by atoms with Crippen LogP contribution in [0.1, 0.15) is 46.6 Å². The summed E-state index contributed by atoms with van der Waals surface area (Å²) < 4.78 is 6.92. The van der Waals surface area contributed by atoms with Crippen molar-refractivity contribution in [2.45, 2.75) is 25.3 Å². The molecule has 0 spiro atoms. The van der Waals surface area contributed by atoms with Crippen molar-refractivity contribution in [1.29, 1.82) is 0 Å². The third kappa shape index (κ3) is 3.14. The van der Waals surface area contributed by atoms with Gasteiger partial charge in [0.1, 0.15) is 6.54 Å². The van der Waals surface area contributed by atoms with E-state index in [2.05, 4.69) is 29.4 Å². The summed E-state index contributed by atoms with van der Waals surface area (Å²) in [6, 6.07) is 24.0. The highest BCUT2D eigenvalue weighted by Crippen LogP contribution is 2.60. The van der Waals surface area contributed by atoms with Crippen LogP contribution in [0.2, 0.25) is 0 Å². The van der Waals surface area contributed by atoms with Gasteiger partial charge < -0.3 is 9.30 Å². The Morgan fingerprint density at radius 3 is 1.92 bits per heavy atom. The van der Waals surface area contributed by atoms with E-state index in [1.807, 2.05) is 48.5 Å². The maximum atomic E-state index is 13.8. The summed E-state index contributed by atoms with van der Waals surface area (Å²) in [6.45, 7) is 2.14. The minimum Gasteiger partial charge on any atom is -0.465 e. The summed E-state index contributed by atoms with van der Waals surface area (Å²) in [5.74, 6) is -2.13. The fraction of sp³-hybridized carbons (Fsp3) is 0.226. The van der Waals surface area contributed by atoms with Gasteiger partial charge in [-0.05, 0) is 35.2 Å². The summed E-state index contributed by atoms with van der Waals surface area (Å²) in [5.41, 5.74) is 6.09. The van der Waals surface area contributed by atoms with Gasteiger partial charge in [0.25, 0.3) is 11.8 Å². The van der Waals surface area contributed by atoms with Gasteiger partial charge in [0.2, 0.25) is 0 Å². The van der Waals surface area contributed by atoms with Crippen molar-refractivity contribution in [3.05, 3.63) is 107 Å². The average molecular weight is 504 g/mol. The smallest absolute Gasteiger partial charge is 0.325 e. The molecule has 0 saturated carbocycles. The number of nitrogens with zero attached hydrogens (tertiary/aromatic N) is 3. The minimum atomic E-state index is -0.473. The van der Waals surface area contributed by atoms with E-state index in [9.17, 15) is 14.4 Å². The first-order valence-electron chi connectivity index (χ1n) is 12.9. The van der Waals surface area contributed by atoms with Crippen LogP contribution >= 0.6 is 0 Å². The molecule has 2 bridgehead atoms. The Morgan fingerprint density at radius 1 is 0.842 bits per heavy atom. The molecule has 8 rings (SSSR count). The van der Waals surface area contributed by atoms with Crippen LogP contribution in [0.3, 0.4) is 0 Å². The number of amides is 2. The van der Waals surface area contributed by atoms with Crippen molar-refractivity contribution in [1.82, 2.24) is 9.58 Å². The normalized spacial score (nSPS) is 23.1. The molecule has 1 saturated heterocycles. The van der Waals surface area contributed by atoms with E-state index in [1.54, 1.807) is 23.9 Å². The zero-order valence-electron chi connectivity index (χ0n) is 20.8. The number of imide groups is 1. The van der Waals surface area contributed by atoms with E-state index >= 15 is 0 Å². The largest absolute Gasteiger partial charge is 0.465 e. The Hall–Kier alpha value is -4.52. The number of hydrogen-bond acceptors (Lipinski definition) is 5. The maximum Gasteiger partial charge on any atom is 0.325 e. The molecule has 4 aliphatic rings. The summed E-state index contributed by atoms with van der Waals surface area (Å²) in [6.07, 6.45) is 3.36. The number of aromatic nitrogens is 1. The Bertz CT molecular complexity index is 1550. The minimum absolute atomic E-state index is 0.0633. The van der Waals surface area contributed by atoms with Crippen LogP contribution in [0.25, 0.3) is 10.9 Å². The van der Waals surface area contributed by atoms with Crippen LogP contribution in [0.4, 0.5) is 0 Å². The third-order valence-corrected chi connectivity index (χ3v) is 8.16. The van der Waals surface area contributed by atoms with Crippen LogP contribution in [-0.2, 0) is 25.7 Å². The molecule has 4 aromatic rings. The molecule has 1 aliphatic heterocycles. The SMILES string of the molecule is CCOC(=O)Cn1cc(/C=N\N2C(=O)[C@@H]3C4c5ccccc5C(c5ccccc54)[C@@H]3C2=O)c2ccccc21. The van der Waals surface area contributed by atoms with Gasteiger partial charge in [-0.3, -0.25) is 14.4 Å². The van der Waals surface area contributed by atoms with Crippen LogP contribution in [-0.4, -0.2) is 40.2 Å². The maximum absolute atomic E-state index is 13.8. The molecule has 3 aromatic carbocycles. The van der Waals surface area contributed by atoms with Gasteiger partial charge in [-0.25, -0.2) is 0 Å². The molecular formula is C31H25N3O4. The van der Waals surface area contributed by atoms with Crippen molar-refractivity contribution >= 4 is 34.9 Å². The molecule has 38 heavy (non-hydrogen) atoms. The molecule has 2 heterocycles. The van der Waals surface area contributed by atoms with E-state index < -0.39 is 11.8 Å². The number of carbonyl (C=O) groups is 3. The third-order valence-electron chi connectivity index (χ3n) is 8.16. The number of ether oxygens (including phenoxy) is 1. The molecule has 0 unspecified atom stereocenters. The fourth-order valence-electron chi connectivity index (χ4n) is 6.75. The summed E-state index contributed by atoms with van der Waals surface area (Å²) >= 11 is 0. The zero-order valence-corrected chi connectivity index (χ0v) is 20.8. The average Bonchev–Trinajstić information content (AvgIpc) is 3.41. The lowest BCUT2D eigenvalue weighted by Crippen LogP contribution is -2.41. The van der Waals surface area contributed by atoms with Crippen molar-refractivity contribution < 1.29 is 19.1 Å². The highest BCUT2D eigenvalue weighted by atomic mass is 16.5. The molecule has 3 aliphatic carbocycles. The zero-order chi connectivity index (χ0) is 26.0. The Balaban J connectivity index is 1.26. The molecule has 0 radical (unpaired) electrons.